The predicted octanol–water partition coefficient (Wildman–Crippen LogP) is 2.42. The first kappa shape index (κ1) is 16.8. The molecule has 7 heteroatoms. The molecule has 2 aromatic rings. The van der Waals surface area contributed by atoms with Crippen molar-refractivity contribution in [2.24, 2.45) is 0 Å². The topological polar surface area (TPSA) is 81.7 Å². The zero-order valence-electron chi connectivity index (χ0n) is 12.8. The van der Waals surface area contributed by atoms with Gasteiger partial charge in [0.25, 0.3) is 0 Å². The van der Waals surface area contributed by atoms with Crippen LogP contribution in [0.3, 0.4) is 0 Å². The van der Waals surface area contributed by atoms with Crippen molar-refractivity contribution in [2.75, 3.05) is 18.1 Å². The molecule has 0 saturated heterocycles. The van der Waals surface area contributed by atoms with E-state index in [-0.39, 0.29) is 17.9 Å². The van der Waals surface area contributed by atoms with Crippen LogP contribution < -0.4 is 9.46 Å². The lowest BCUT2D eigenvalue weighted by Crippen LogP contribution is -2.14. The Morgan fingerprint density at radius 3 is 2.57 bits per heavy atom. The molecular weight excluding hydrogens is 318 g/mol. The van der Waals surface area contributed by atoms with Crippen LogP contribution in [0.15, 0.2) is 48.5 Å². The van der Waals surface area contributed by atoms with Crippen LogP contribution in [0.25, 0.3) is 0 Å². The van der Waals surface area contributed by atoms with Crippen LogP contribution in [-0.2, 0) is 21.4 Å². The van der Waals surface area contributed by atoms with Gasteiger partial charge in [-0.05, 0) is 29.8 Å². The Hall–Kier alpha value is -2.54. The second-order valence-electron chi connectivity index (χ2n) is 4.85. The van der Waals surface area contributed by atoms with E-state index in [1.54, 1.807) is 43.5 Å². The zero-order chi connectivity index (χ0) is 16.9. The quantitative estimate of drug-likeness (QED) is 0.820. The fourth-order valence-corrected chi connectivity index (χ4v) is 2.52. The van der Waals surface area contributed by atoms with Gasteiger partial charge in [0.1, 0.15) is 12.4 Å². The van der Waals surface area contributed by atoms with Gasteiger partial charge in [-0.2, -0.15) is 0 Å². The number of nitrogens with one attached hydrogen (secondary N) is 1. The molecule has 0 saturated carbocycles. The summed E-state index contributed by atoms with van der Waals surface area (Å²) in [6.07, 6.45) is 1.02. The monoisotopic (exact) mass is 335 g/mol. The largest absolute Gasteiger partial charge is 0.497 e. The highest BCUT2D eigenvalue weighted by Gasteiger charge is 2.15. The van der Waals surface area contributed by atoms with Crippen molar-refractivity contribution in [3.63, 3.8) is 0 Å². The summed E-state index contributed by atoms with van der Waals surface area (Å²) in [5.74, 6) is 0.0530. The minimum Gasteiger partial charge on any atom is -0.497 e. The van der Waals surface area contributed by atoms with Crippen molar-refractivity contribution in [1.82, 2.24) is 0 Å². The molecular formula is C16H17NO5S. The third-order valence-corrected chi connectivity index (χ3v) is 3.54. The Morgan fingerprint density at radius 1 is 1.13 bits per heavy atom. The lowest BCUT2D eigenvalue weighted by atomic mass is 10.2. The van der Waals surface area contributed by atoms with E-state index >= 15 is 0 Å². The molecule has 0 aliphatic carbocycles. The molecule has 0 heterocycles. The van der Waals surface area contributed by atoms with E-state index in [0.717, 1.165) is 11.8 Å². The van der Waals surface area contributed by atoms with Gasteiger partial charge < -0.3 is 9.47 Å². The molecule has 0 spiro atoms. The number of rotatable bonds is 6. The van der Waals surface area contributed by atoms with E-state index in [4.69, 9.17) is 9.47 Å². The number of hydrogen-bond acceptors (Lipinski definition) is 5. The number of sulfonamides is 1. The molecule has 0 aliphatic rings. The second-order valence-corrected chi connectivity index (χ2v) is 6.60. The van der Waals surface area contributed by atoms with Crippen molar-refractivity contribution >= 4 is 21.7 Å². The van der Waals surface area contributed by atoms with Crippen LogP contribution in [0.2, 0.25) is 0 Å². The van der Waals surface area contributed by atoms with E-state index in [9.17, 15) is 13.2 Å². The number of benzene rings is 2. The number of carbonyl (C=O) groups excluding carboxylic acids is 1. The minimum absolute atomic E-state index is 0.0588. The Kier molecular flexibility index (Phi) is 5.23. The molecule has 122 valence electrons. The Bertz CT molecular complexity index is 802. The highest BCUT2D eigenvalue weighted by molar-refractivity contribution is 7.92. The van der Waals surface area contributed by atoms with Gasteiger partial charge >= 0.3 is 5.97 Å². The summed E-state index contributed by atoms with van der Waals surface area (Å²) in [6, 6.07) is 13.4. The van der Waals surface area contributed by atoms with Crippen molar-refractivity contribution in [1.29, 1.82) is 0 Å². The maximum absolute atomic E-state index is 12.2. The molecule has 2 aromatic carbocycles. The zero-order valence-corrected chi connectivity index (χ0v) is 13.6. The number of esters is 1. The molecule has 0 radical (unpaired) electrons. The summed E-state index contributed by atoms with van der Waals surface area (Å²) < 4.78 is 35.3. The number of hydrogen-bond donors (Lipinski definition) is 1. The second kappa shape index (κ2) is 7.15. The summed E-state index contributed by atoms with van der Waals surface area (Å²) in [7, 11) is -1.93. The van der Waals surface area contributed by atoms with E-state index < -0.39 is 16.0 Å². The Morgan fingerprint density at radius 2 is 1.87 bits per heavy atom. The van der Waals surface area contributed by atoms with Crippen LogP contribution in [-0.4, -0.2) is 27.8 Å². The summed E-state index contributed by atoms with van der Waals surface area (Å²) in [4.78, 5) is 12.2. The normalized spacial score (nSPS) is 10.9. The van der Waals surface area contributed by atoms with Gasteiger partial charge in [0, 0.05) is 0 Å². The molecule has 2 rings (SSSR count). The van der Waals surface area contributed by atoms with Gasteiger partial charge in [-0.25, -0.2) is 13.2 Å². The fraction of sp³-hybridized carbons (Fsp3) is 0.188. The molecule has 0 unspecified atom stereocenters. The minimum atomic E-state index is -3.48. The highest BCUT2D eigenvalue weighted by atomic mass is 32.2. The van der Waals surface area contributed by atoms with E-state index in [1.165, 1.54) is 12.1 Å². The van der Waals surface area contributed by atoms with Crippen LogP contribution in [0, 0.1) is 0 Å². The molecule has 6 nitrogen and oxygen atoms in total. The smallest absolute Gasteiger partial charge is 0.340 e. The average Bonchev–Trinajstić information content (AvgIpc) is 2.52. The Labute approximate surface area is 135 Å². The summed E-state index contributed by atoms with van der Waals surface area (Å²) in [5.41, 5.74) is 1.11. The van der Waals surface area contributed by atoms with Gasteiger partial charge in [0.2, 0.25) is 10.0 Å². The van der Waals surface area contributed by atoms with Crippen LogP contribution in [0.5, 0.6) is 5.75 Å². The maximum atomic E-state index is 12.2. The van der Waals surface area contributed by atoms with Crippen molar-refractivity contribution in [2.45, 2.75) is 6.61 Å². The predicted molar refractivity (Wildman–Crippen MR) is 87.0 cm³/mol. The SMILES string of the molecule is COc1cccc(COC(=O)c2ccccc2NS(C)(=O)=O)c1. The average molecular weight is 335 g/mol. The highest BCUT2D eigenvalue weighted by Crippen LogP contribution is 2.19. The third-order valence-electron chi connectivity index (χ3n) is 2.95. The van der Waals surface area contributed by atoms with Gasteiger partial charge in [-0.3, -0.25) is 4.72 Å². The lowest BCUT2D eigenvalue weighted by molar-refractivity contribution is 0.0473. The van der Waals surface area contributed by atoms with Gasteiger partial charge in [0.15, 0.2) is 0 Å². The molecule has 0 fully saturated rings. The molecule has 23 heavy (non-hydrogen) atoms. The molecule has 0 amide bonds. The standard InChI is InChI=1S/C16H17NO5S/c1-21-13-7-5-6-12(10-13)11-22-16(18)14-8-3-4-9-15(14)17-23(2,19)20/h3-10,17H,11H2,1-2H3. The maximum Gasteiger partial charge on any atom is 0.340 e. The molecule has 0 bridgehead atoms. The van der Waals surface area contributed by atoms with E-state index in [1.807, 2.05) is 0 Å². The molecule has 0 atom stereocenters. The van der Waals surface area contributed by atoms with Gasteiger partial charge in [0.05, 0.1) is 24.6 Å². The van der Waals surface area contributed by atoms with Crippen LogP contribution in [0.1, 0.15) is 15.9 Å². The van der Waals surface area contributed by atoms with Crippen LogP contribution in [0.4, 0.5) is 5.69 Å². The first-order valence-electron chi connectivity index (χ1n) is 6.76. The van der Waals surface area contributed by atoms with Crippen molar-refractivity contribution in [3.05, 3.63) is 59.7 Å². The van der Waals surface area contributed by atoms with Crippen molar-refractivity contribution < 1.29 is 22.7 Å². The lowest BCUT2D eigenvalue weighted by Gasteiger charge is -2.11. The molecule has 1 N–H and O–H groups in total. The van der Waals surface area contributed by atoms with Crippen molar-refractivity contribution in [3.8, 4) is 5.75 Å². The summed E-state index contributed by atoms with van der Waals surface area (Å²) in [5, 5.41) is 0. The number of methoxy groups -OCH3 is 1. The molecule has 0 aliphatic heterocycles. The first-order chi connectivity index (χ1) is 10.9. The van der Waals surface area contributed by atoms with Gasteiger partial charge in [-0.15, -0.1) is 0 Å². The van der Waals surface area contributed by atoms with E-state index in [2.05, 4.69) is 4.72 Å². The van der Waals surface area contributed by atoms with Crippen LogP contribution >= 0.6 is 0 Å². The number of para-hydroxylation sites is 1. The number of carbonyl (C=O) groups is 1. The number of anilines is 1. The van der Waals surface area contributed by atoms with Gasteiger partial charge in [-0.1, -0.05) is 24.3 Å². The fourth-order valence-electron chi connectivity index (χ4n) is 1.94. The molecule has 0 aromatic heterocycles. The number of ether oxygens (including phenoxy) is 2. The summed E-state index contributed by atoms with van der Waals surface area (Å²) >= 11 is 0. The summed E-state index contributed by atoms with van der Waals surface area (Å²) in [6.45, 7) is 0.0588. The Balaban J connectivity index is 2.12. The third kappa shape index (κ3) is 5.00. The van der Waals surface area contributed by atoms with E-state index in [0.29, 0.717) is 5.75 Å². The first-order valence-corrected chi connectivity index (χ1v) is 8.65.